The van der Waals surface area contributed by atoms with Crippen LogP contribution in [0.15, 0.2) is 24.5 Å². The molecule has 3 rings (SSSR count). The summed E-state index contributed by atoms with van der Waals surface area (Å²) in [6, 6.07) is 4.10. The van der Waals surface area contributed by atoms with Crippen LogP contribution in [0, 0.1) is 0 Å². The van der Waals surface area contributed by atoms with Gasteiger partial charge in [-0.2, -0.15) is 0 Å². The third kappa shape index (κ3) is 4.53. The average molecular weight is 353 g/mol. The van der Waals surface area contributed by atoms with Gasteiger partial charge in [0.05, 0.1) is 17.5 Å². The van der Waals surface area contributed by atoms with Crippen molar-refractivity contribution in [1.29, 1.82) is 0 Å². The standard InChI is InChI=1S/C17H27N3O3S/c1-2-24(21,22)19-12-16-4-3-7-17(23-16)8-11-20(14-17)13-15-5-9-18-10-6-15/h5-6,9-10,16,19H,2-4,7-8,11-14H2,1H3/t16-,17-/m0/s1. The molecule has 0 bridgehead atoms. The van der Waals surface area contributed by atoms with Crippen molar-refractivity contribution in [3.05, 3.63) is 30.1 Å². The van der Waals surface area contributed by atoms with Crippen LogP contribution in [0.3, 0.4) is 0 Å². The molecule has 1 aromatic heterocycles. The zero-order valence-electron chi connectivity index (χ0n) is 14.3. The van der Waals surface area contributed by atoms with Gasteiger partial charge in [-0.05, 0) is 50.3 Å². The molecule has 0 amide bonds. The lowest BCUT2D eigenvalue weighted by molar-refractivity contribution is -0.118. The Kier molecular flexibility index (Phi) is 5.54. The first kappa shape index (κ1) is 17.8. The van der Waals surface area contributed by atoms with E-state index in [1.807, 2.05) is 12.4 Å². The lowest BCUT2D eigenvalue weighted by Gasteiger charge is -2.39. The smallest absolute Gasteiger partial charge is 0.211 e. The molecule has 2 saturated heterocycles. The van der Waals surface area contributed by atoms with E-state index in [1.54, 1.807) is 6.92 Å². The predicted molar refractivity (Wildman–Crippen MR) is 93.0 cm³/mol. The molecule has 1 N–H and O–H groups in total. The van der Waals surface area contributed by atoms with Crippen molar-refractivity contribution in [3.63, 3.8) is 0 Å². The van der Waals surface area contributed by atoms with Crippen molar-refractivity contribution in [1.82, 2.24) is 14.6 Å². The lowest BCUT2D eigenvalue weighted by atomic mass is 9.90. The van der Waals surface area contributed by atoms with Crippen LogP contribution in [0.2, 0.25) is 0 Å². The SMILES string of the molecule is CCS(=O)(=O)NC[C@@H]1CCC[C@@]2(CCN(Cc3ccncc3)C2)O1. The molecule has 2 atom stereocenters. The number of hydrogen-bond acceptors (Lipinski definition) is 5. The van der Waals surface area contributed by atoms with Gasteiger partial charge in [-0.25, -0.2) is 13.1 Å². The Morgan fingerprint density at radius 2 is 2.17 bits per heavy atom. The van der Waals surface area contributed by atoms with Crippen LogP contribution in [-0.4, -0.2) is 55.4 Å². The molecule has 0 aromatic carbocycles. The number of rotatable bonds is 6. The Morgan fingerprint density at radius 1 is 1.38 bits per heavy atom. The number of sulfonamides is 1. The summed E-state index contributed by atoms with van der Waals surface area (Å²) in [4.78, 5) is 6.49. The first-order valence-electron chi connectivity index (χ1n) is 8.77. The van der Waals surface area contributed by atoms with E-state index in [0.29, 0.717) is 6.54 Å². The zero-order valence-corrected chi connectivity index (χ0v) is 15.1. The molecule has 0 unspecified atom stereocenters. The van der Waals surface area contributed by atoms with Crippen molar-refractivity contribution in [2.75, 3.05) is 25.4 Å². The van der Waals surface area contributed by atoms with Crippen LogP contribution in [0.5, 0.6) is 0 Å². The summed E-state index contributed by atoms with van der Waals surface area (Å²) in [5.74, 6) is 0.116. The summed E-state index contributed by atoms with van der Waals surface area (Å²) in [6.45, 7) is 4.91. The maximum absolute atomic E-state index is 11.6. The molecule has 7 heteroatoms. The first-order valence-corrected chi connectivity index (χ1v) is 10.4. The molecule has 2 aliphatic heterocycles. The number of nitrogens with zero attached hydrogens (tertiary/aromatic N) is 2. The Bertz CT molecular complexity index is 638. The molecule has 3 heterocycles. The molecule has 6 nitrogen and oxygen atoms in total. The minimum atomic E-state index is -3.15. The maximum atomic E-state index is 11.6. The Hall–Kier alpha value is -1.02. The monoisotopic (exact) mass is 353 g/mol. The van der Waals surface area contributed by atoms with Gasteiger partial charge in [0.2, 0.25) is 10.0 Å². The second-order valence-electron chi connectivity index (χ2n) is 6.88. The number of ether oxygens (including phenoxy) is 1. The van der Waals surface area contributed by atoms with Crippen molar-refractivity contribution in [3.8, 4) is 0 Å². The Labute approximate surface area is 144 Å². The lowest BCUT2D eigenvalue weighted by Crippen LogP contribution is -2.46. The van der Waals surface area contributed by atoms with E-state index in [0.717, 1.165) is 45.3 Å². The third-order valence-electron chi connectivity index (χ3n) is 5.04. The Balaban J connectivity index is 1.54. The fourth-order valence-electron chi connectivity index (χ4n) is 3.70. The van der Waals surface area contributed by atoms with Crippen molar-refractivity contribution in [2.45, 2.75) is 50.9 Å². The third-order valence-corrected chi connectivity index (χ3v) is 6.40. The van der Waals surface area contributed by atoms with Crippen LogP contribution in [0.4, 0.5) is 0 Å². The Morgan fingerprint density at radius 3 is 2.92 bits per heavy atom. The van der Waals surface area contributed by atoms with Gasteiger partial charge < -0.3 is 4.74 Å². The summed E-state index contributed by atoms with van der Waals surface area (Å²) in [5, 5.41) is 0. The number of nitrogens with one attached hydrogen (secondary N) is 1. The second-order valence-corrected chi connectivity index (χ2v) is 8.98. The van der Waals surface area contributed by atoms with Crippen molar-refractivity contribution in [2.24, 2.45) is 0 Å². The van der Waals surface area contributed by atoms with Gasteiger partial charge in [-0.1, -0.05) is 0 Å². The maximum Gasteiger partial charge on any atom is 0.211 e. The topological polar surface area (TPSA) is 71.5 Å². The minimum Gasteiger partial charge on any atom is -0.369 e. The minimum absolute atomic E-state index is 0.0130. The molecule has 1 aromatic rings. The van der Waals surface area contributed by atoms with Crippen molar-refractivity contribution >= 4 is 10.0 Å². The number of aromatic nitrogens is 1. The molecule has 0 aliphatic carbocycles. The van der Waals surface area contributed by atoms with Crippen molar-refractivity contribution < 1.29 is 13.2 Å². The van der Waals surface area contributed by atoms with E-state index in [-0.39, 0.29) is 17.5 Å². The first-order chi connectivity index (χ1) is 11.5. The molecule has 134 valence electrons. The summed E-state index contributed by atoms with van der Waals surface area (Å²) in [5.41, 5.74) is 1.17. The van der Waals surface area contributed by atoms with Gasteiger partial charge in [0, 0.05) is 38.6 Å². The summed E-state index contributed by atoms with van der Waals surface area (Å²) < 4.78 is 32.3. The second kappa shape index (κ2) is 7.47. The predicted octanol–water partition coefficient (Wildman–Crippen LogP) is 1.53. The normalized spacial score (nSPS) is 28.5. The van der Waals surface area contributed by atoms with Crippen LogP contribution in [-0.2, 0) is 21.3 Å². The molecular weight excluding hydrogens is 326 g/mol. The van der Waals surface area contributed by atoms with E-state index < -0.39 is 10.0 Å². The van der Waals surface area contributed by atoms with Gasteiger partial charge in [0.1, 0.15) is 0 Å². The quantitative estimate of drug-likeness (QED) is 0.840. The fraction of sp³-hybridized carbons (Fsp3) is 0.706. The van der Waals surface area contributed by atoms with E-state index in [1.165, 1.54) is 5.56 Å². The van der Waals surface area contributed by atoms with E-state index in [4.69, 9.17) is 4.74 Å². The highest BCUT2D eigenvalue weighted by atomic mass is 32.2. The molecule has 0 saturated carbocycles. The molecule has 24 heavy (non-hydrogen) atoms. The van der Waals surface area contributed by atoms with Crippen LogP contribution >= 0.6 is 0 Å². The van der Waals surface area contributed by atoms with Crippen LogP contribution in [0.1, 0.15) is 38.2 Å². The molecule has 2 fully saturated rings. The van der Waals surface area contributed by atoms with Gasteiger partial charge in [-0.3, -0.25) is 9.88 Å². The summed E-state index contributed by atoms with van der Waals surface area (Å²) >= 11 is 0. The highest BCUT2D eigenvalue weighted by Gasteiger charge is 2.42. The van der Waals surface area contributed by atoms with Crippen LogP contribution in [0.25, 0.3) is 0 Å². The number of pyridine rings is 1. The fourth-order valence-corrected chi connectivity index (χ4v) is 4.34. The van der Waals surface area contributed by atoms with Gasteiger partial charge in [0.15, 0.2) is 0 Å². The number of likely N-dealkylation sites (tertiary alicyclic amines) is 1. The summed E-state index contributed by atoms with van der Waals surface area (Å²) in [7, 11) is -3.15. The summed E-state index contributed by atoms with van der Waals surface area (Å²) in [6.07, 6.45) is 7.76. The molecular formula is C17H27N3O3S. The van der Waals surface area contributed by atoms with Gasteiger partial charge in [0.25, 0.3) is 0 Å². The molecule has 2 aliphatic rings. The van der Waals surface area contributed by atoms with Crippen LogP contribution < -0.4 is 4.72 Å². The zero-order chi connectivity index (χ0) is 17.0. The highest BCUT2D eigenvalue weighted by molar-refractivity contribution is 7.89. The van der Waals surface area contributed by atoms with E-state index in [2.05, 4.69) is 26.7 Å². The van der Waals surface area contributed by atoms with E-state index >= 15 is 0 Å². The largest absolute Gasteiger partial charge is 0.369 e. The highest BCUT2D eigenvalue weighted by Crippen LogP contribution is 2.37. The number of hydrogen-bond donors (Lipinski definition) is 1. The molecule has 1 spiro atoms. The molecule has 0 radical (unpaired) electrons. The average Bonchev–Trinajstić information content (AvgIpc) is 2.96. The van der Waals surface area contributed by atoms with E-state index in [9.17, 15) is 8.42 Å². The van der Waals surface area contributed by atoms with Gasteiger partial charge >= 0.3 is 0 Å². The van der Waals surface area contributed by atoms with Gasteiger partial charge in [-0.15, -0.1) is 0 Å².